The van der Waals surface area contributed by atoms with Crippen LogP contribution in [0.2, 0.25) is 0 Å². The van der Waals surface area contributed by atoms with Gasteiger partial charge in [0.25, 0.3) is 0 Å². The fraction of sp³-hybridized carbons (Fsp3) is 0.696. The van der Waals surface area contributed by atoms with E-state index < -0.39 is 9.84 Å². The predicted molar refractivity (Wildman–Crippen MR) is 126 cm³/mol. The van der Waals surface area contributed by atoms with Crippen molar-refractivity contribution in [2.24, 2.45) is 4.99 Å². The Hall–Kier alpha value is -1.60. The van der Waals surface area contributed by atoms with Crippen LogP contribution in [0.15, 0.2) is 34.2 Å². The molecule has 0 atom stereocenters. The molecule has 1 heterocycles. The molecule has 1 aromatic rings. The quantitative estimate of drug-likeness (QED) is 0.484. The Morgan fingerprint density at radius 2 is 1.77 bits per heavy atom. The van der Waals surface area contributed by atoms with Crippen LogP contribution in [-0.4, -0.2) is 63.8 Å². The van der Waals surface area contributed by atoms with Gasteiger partial charge in [0.15, 0.2) is 15.8 Å². The lowest BCUT2D eigenvalue weighted by Gasteiger charge is -2.32. The van der Waals surface area contributed by atoms with Crippen molar-refractivity contribution in [3.05, 3.63) is 29.8 Å². The highest BCUT2D eigenvalue weighted by Crippen LogP contribution is 2.23. The minimum Gasteiger partial charge on any atom is -0.357 e. The van der Waals surface area contributed by atoms with Gasteiger partial charge in [0.1, 0.15) is 0 Å². The van der Waals surface area contributed by atoms with Gasteiger partial charge in [0.2, 0.25) is 0 Å². The highest BCUT2D eigenvalue weighted by Gasteiger charge is 2.20. The molecule has 0 bridgehead atoms. The van der Waals surface area contributed by atoms with Crippen molar-refractivity contribution >= 4 is 15.8 Å². The molecule has 1 aromatic carbocycles. The Kier molecular flexibility index (Phi) is 9.16. The van der Waals surface area contributed by atoms with E-state index in [4.69, 9.17) is 0 Å². The number of nitrogens with zero attached hydrogens (tertiary/aromatic N) is 2. The first kappa shape index (κ1) is 24.7. The lowest BCUT2D eigenvalue weighted by atomic mass is 9.87. The number of hydrogen-bond donors (Lipinski definition) is 2. The van der Waals surface area contributed by atoms with Crippen LogP contribution >= 0.6 is 0 Å². The molecule has 2 rings (SSSR count). The minimum atomic E-state index is -3.35. The first-order valence-electron chi connectivity index (χ1n) is 11.3. The molecule has 0 spiro atoms. The van der Waals surface area contributed by atoms with E-state index in [9.17, 15) is 8.42 Å². The van der Waals surface area contributed by atoms with Gasteiger partial charge in [0.05, 0.1) is 17.2 Å². The molecule has 0 radical (unpaired) electrons. The molecule has 1 saturated heterocycles. The Morgan fingerprint density at radius 1 is 1.13 bits per heavy atom. The van der Waals surface area contributed by atoms with Gasteiger partial charge in [-0.2, -0.15) is 0 Å². The number of hydrogen-bond acceptors (Lipinski definition) is 4. The van der Waals surface area contributed by atoms with E-state index >= 15 is 0 Å². The Bertz CT molecular complexity index is 774. The molecular formula is C23H40N4O2S. The number of nitrogens with one attached hydrogen (secondary N) is 2. The fourth-order valence-electron chi connectivity index (χ4n) is 3.69. The summed E-state index contributed by atoms with van der Waals surface area (Å²) in [5.74, 6) is 0.720. The number of aliphatic imine (C=N–C) groups is 1. The zero-order valence-corrected chi connectivity index (χ0v) is 20.2. The van der Waals surface area contributed by atoms with Crippen LogP contribution < -0.4 is 10.6 Å². The summed E-state index contributed by atoms with van der Waals surface area (Å²) in [7, 11) is -3.35. The SMILES string of the molecule is CCCN1CCC(NC(=NCCS(=O)(=O)c2ccc(C(C)(C)C)cc2)NCC)CC1. The van der Waals surface area contributed by atoms with Crippen LogP contribution in [0.1, 0.15) is 59.4 Å². The monoisotopic (exact) mass is 436 g/mol. The molecule has 1 aliphatic heterocycles. The van der Waals surface area contributed by atoms with E-state index in [2.05, 4.69) is 48.2 Å². The molecule has 1 aliphatic rings. The van der Waals surface area contributed by atoms with Crippen LogP contribution in [0.4, 0.5) is 0 Å². The maximum atomic E-state index is 12.7. The second-order valence-electron chi connectivity index (χ2n) is 9.11. The van der Waals surface area contributed by atoms with E-state index in [1.54, 1.807) is 12.1 Å². The predicted octanol–water partition coefficient (Wildman–Crippen LogP) is 3.19. The topological polar surface area (TPSA) is 73.8 Å². The first-order valence-corrected chi connectivity index (χ1v) is 12.9. The fourth-order valence-corrected chi connectivity index (χ4v) is 4.81. The third-order valence-electron chi connectivity index (χ3n) is 5.52. The Balaban J connectivity index is 1.93. The normalized spacial score (nSPS) is 17.2. The summed E-state index contributed by atoms with van der Waals surface area (Å²) < 4.78 is 25.4. The van der Waals surface area contributed by atoms with E-state index in [0.717, 1.165) is 44.6 Å². The molecule has 0 amide bonds. The molecule has 0 aromatic heterocycles. The van der Waals surface area contributed by atoms with Gasteiger partial charge in [-0.05, 0) is 55.8 Å². The molecule has 1 fully saturated rings. The second kappa shape index (κ2) is 11.1. The molecule has 7 heteroatoms. The van der Waals surface area contributed by atoms with E-state index in [1.807, 2.05) is 19.1 Å². The number of rotatable bonds is 8. The van der Waals surface area contributed by atoms with Crippen LogP contribution in [0.25, 0.3) is 0 Å². The molecule has 170 valence electrons. The third kappa shape index (κ3) is 7.58. The number of guanidine groups is 1. The molecule has 0 aliphatic carbocycles. The Labute approximate surface area is 183 Å². The number of likely N-dealkylation sites (tertiary alicyclic amines) is 1. The summed E-state index contributed by atoms with van der Waals surface area (Å²) in [5.41, 5.74) is 1.13. The van der Waals surface area contributed by atoms with Crippen molar-refractivity contribution < 1.29 is 8.42 Å². The highest BCUT2D eigenvalue weighted by atomic mass is 32.2. The van der Waals surface area contributed by atoms with Crippen molar-refractivity contribution in [1.29, 1.82) is 0 Å². The van der Waals surface area contributed by atoms with Crippen molar-refractivity contribution in [1.82, 2.24) is 15.5 Å². The molecular weight excluding hydrogens is 396 g/mol. The van der Waals surface area contributed by atoms with Crippen molar-refractivity contribution in [2.45, 2.75) is 70.2 Å². The summed E-state index contributed by atoms with van der Waals surface area (Å²) in [4.78, 5) is 7.40. The van der Waals surface area contributed by atoms with Crippen LogP contribution in [0.3, 0.4) is 0 Å². The molecule has 6 nitrogen and oxygen atoms in total. The van der Waals surface area contributed by atoms with Gasteiger partial charge in [0, 0.05) is 25.7 Å². The van der Waals surface area contributed by atoms with Crippen LogP contribution in [0.5, 0.6) is 0 Å². The number of benzene rings is 1. The summed E-state index contributed by atoms with van der Waals surface area (Å²) in [5, 5.41) is 6.73. The van der Waals surface area contributed by atoms with Crippen LogP contribution in [0, 0.1) is 0 Å². The molecule has 0 saturated carbocycles. The third-order valence-corrected chi connectivity index (χ3v) is 7.23. The van der Waals surface area contributed by atoms with Crippen molar-refractivity contribution in [3.63, 3.8) is 0 Å². The smallest absolute Gasteiger partial charge is 0.191 e. The minimum absolute atomic E-state index is 0.00562. The average molecular weight is 437 g/mol. The second-order valence-corrected chi connectivity index (χ2v) is 11.2. The van der Waals surface area contributed by atoms with Gasteiger partial charge in [-0.1, -0.05) is 39.8 Å². The molecule has 2 N–H and O–H groups in total. The van der Waals surface area contributed by atoms with Crippen molar-refractivity contribution in [2.75, 3.05) is 38.5 Å². The largest absolute Gasteiger partial charge is 0.357 e. The molecule has 0 unspecified atom stereocenters. The number of piperidine rings is 1. The van der Waals surface area contributed by atoms with E-state index in [0.29, 0.717) is 16.9 Å². The first-order chi connectivity index (χ1) is 14.2. The van der Waals surface area contributed by atoms with Gasteiger partial charge in [-0.25, -0.2) is 8.42 Å². The van der Waals surface area contributed by atoms with Gasteiger partial charge in [-0.15, -0.1) is 0 Å². The van der Waals surface area contributed by atoms with Crippen molar-refractivity contribution in [3.8, 4) is 0 Å². The maximum absolute atomic E-state index is 12.7. The number of sulfone groups is 1. The lowest BCUT2D eigenvalue weighted by molar-refractivity contribution is 0.206. The standard InChI is InChI=1S/C23H40N4O2S/c1-6-15-27-16-12-20(13-17-27)26-22(24-7-2)25-14-18-30(28,29)21-10-8-19(9-11-21)23(3,4)5/h8-11,20H,6-7,12-18H2,1-5H3,(H2,24,25,26). The Morgan fingerprint density at radius 3 is 2.30 bits per heavy atom. The maximum Gasteiger partial charge on any atom is 0.191 e. The molecule has 30 heavy (non-hydrogen) atoms. The van der Waals surface area contributed by atoms with Gasteiger partial charge in [-0.3, -0.25) is 4.99 Å². The zero-order chi connectivity index (χ0) is 22.2. The lowest BCUT2D eigenvalue weighted by Crippen LogP contribution is -2.48. The summed E-state index contributed by atoms with van der Waals surface area (Å²) >= 11 is 0. The van der Waals surface area contributed by atoms with Gasteiger partial charge < -0.3 is 15.5 Å². The highest BCUT2D eigenvalue weighted by molar-refractivity contribution is 7.91. The summed E-state index contributed by atoms with van der Waals surface area (Å²) in [6.07, 6.45) is 3.36. The zero-order valence-electron chi connectivity index (χ0n) is 19.4. The van der Waals surface area contributed by atoms with E-state index in [-0.39, 0.29) is 17.7 Å². The summed E-state index contributed by atoms with van der Waals surface area (Å²) in [6, 6.07) is 7.64. The van der Waals surface area contributed by atoms with E-state index in [1.165, 1.54) is 6.42 Å². The van der Waals surface area contributed by atoms with Crippen LogP contribution in [-0.2, 0) is 15.3 Å². The average Bonchev–Trinajstić information content (AvgIpc) is 2.69. The van der Waals surface area contributed by atoms with Gasteiger partial charge >= 0.3 is 0 Å². The summed E-state index contributed by atoms with van der Waals surface area (Å²) in [6.45, 7) is 15.0.